The molecule has 1 aromatic rings. The number of ether oxygens (including phenoxy) is 1. The predicted molar refractivity (Wildman–Crippen MR) is 155 cm³/mol. The normalized spacial score (nSPS) is 35.0. The van der Waals surface area contributed by atoms with Crippen molar-refractivity contribution in [3.63, 3.8) is 0 Å². The summed E-state index contributed by atoms with van der Waals surface area (Å²) in [4.78, 5) is 17.1. The van der Waals surface area contributed by atoms with Gasteiger partial charge in [-0.05, 0) is 105 Å². The number of rotatable bonds is 9. The Hall–Kier alpha value is -2.18. The van der Waals surface area contributed by atoms with Gasteiger partial charge in [0.1, 0.15) is 12.4 Å². The molecular formula is C34H49NO5. The Kier molecular flexibility index (Phi) is 8.50. The zero-order valence-electron chi connectivity index (χ0n) is 25.0. The van der Waals surface area contributed by atoms with Crippen molar-refractivity contribution in [2.75, 3.05) is 0 Å². The van der Waals surface area contributed by atoms with Gasteiger partial charge in [-0.15, -0.1) is 0 Å². The van der Waals surface area contributed by atoms with Crippen molar-refractivity contribution < 1.29 is 24.2 Å². The van der Waals surface area contributed by atoms with Gasteiger partial charge in [0.05, 0.1) is 23.3 Å². The highest BCUT2D eigenvalue weighted by molar-refractivity contribution is 5.69. The molecule has 0 saturated heterocycles. The van der Waals surface area contributed by atoms with Gasteiger partial charge in [-0.1, -0.05) is 45.1 Å². The molecular weight excluding hydrogens is 502 g/mol. The van der Waals surface area contributed by atoms with Crippen LogP contribution in [0.25, 0.3) is 0 Å². The van der Waals surface area contributed by atoms with Crippen LogP contribution in [0.3, 0.4) is 0 Å². The van der Waals surface area contributed by atoms with E-state index in [2.05, 4.69) is 37.6 Å². The molecule has 0 aliphatic heterocycles. The van der Waals surface area contributed by atoms with Crippen molar-refractivity contribution in [2.45, 2.75) is 128 Å². The molecule has 1 aromatic heterocycles. The lowest BCUT2D eigenvalue weighted by Gasteiger charge is -2.44. The highest BCUT2D eigenvalue weighted by atomic mass is 16.5. The lowest BCUT2D eigenvalue weighted by atomic mass is 9.60. The first-order valence-electron chi connectivity index (χ1n) is 15.6. The number of esters is 1. The van der Waals surface area contributed by atoms with Gasteiger partial charge in [0.15, 0.2) is 0 Å². The van der Waals surface area contributed by atoms with E-state index >= 15 is 0 Å². The van der Waals surface area contributed by atoms with Gasteiger partial charge >= 0.3 is 5.97 Å². The van der Waals surface area contributed by atoms with Crippen LogP contribution >= 0.6 is 0 Å². The van der Waals surface area contributed by atoms with Gasteiger partial charge in [-0.25, -0.2) is 4.98 Å². The van der Waals surface area contributed by atoms with Gasteiger partial charge in [-0.2, -0.15) is 0 Å². The molecule has 6 heteroatoms. The fourth-order valence-corrected chi connectivity index (χ4v) is 8.38. The second-order valence-corrected chi connectivity index (χ2v) is 13.5. The van der Waals surface area contributed by atoms with E-state index in [4.69, 9.17) is 9.15 Å². The summed E-state index contributed by atoms with van der Waals surface area (Å²) in [6, 6.07) is 0. The van der Waals surface area contributed by atoms with E-state index in [-0.39, 0.29) is 22.9 Å². The number of aromatic nitrogens is 1. The van der Waals surface area contributed by atoms with Crippen molar-refractivity contribution in [3.8, 4) is 0 Å². The molecule has 5 rings (SSSR count). The SMILES string of the molecule is C=C1/C(=C\C=C2/CCC[C@]3(C)[C@@H]([C@H](C)CC[C@@H](OC(=O)CC)C4(c5nc(C)co5)CC4)CC[C@@H]23)C[C@@H](O)C[C@@H]1O. The number of aliphatic hydroxyl groups is 2. The minimum Gasteiger partial charge on any atom is -0.461 e. The number of oxazole rings is 1. The molecule has 4 saturated carbocycles. The summed E-state index contributed by atoms with van der Waals surface area (Å²) in [6.07, 6.45) is 15.9. The maximum atomic E-state index is 12.4. The third kappa shape index (κ3) is 5.63. The quantitative estimate of drug-likeness (QED) is 0.325. The van der Waals surface area contributed by atoms with Crippen LogP contribution in [0.15, 0.2) is 46.1 Å². The molecule has 4 fully saturated rings. The average Bonchev–Trinajstić information content (AvgIpc) is 3.48. The van der Waals surface area contributed by atoms with Gasteiger partial charge in [0, 0.05) is 12.8 Å². The second kappa shape index (κ2) is 11.6. The second-order valence-electron chi connectivity index (χ2n) is 13.5. The molecule has 0 bridgehead atoms. The van der Waals surface area contributed by atoms with Crippen molar-refractivity contribution in [1.29, 1.82) is 0 Å². The van der Waals surface area contributed by atoms with E-state index in [1.54, 1.807) is 6.26 Å². The number of hydrogen-bond acceptors (Lipinski definition) is 6. The Morgan fingerprint density at radius 3 is 2.70 bits per heavy atom. The Labute approximate surface area is 240 Å². The summed E-state index contributed by atoms with van der Waals surface area (Å²) < 4.78 is 11.9. The highest BCUT2D eigenvalue weighted by Crippen LogP contribution is 2.60. The highest BCUT2D eigenvalue weighted by Gasteiger charge is 2.57. The first-order valence-corrected chi connectivity index (χ1v) is 15.6. The summed E-state index contributed by atoms with van der Waals surface area (Å²) in [6.45, 7) is 12.8. The number of hydrogen-bond donors (Lipinski definition) is 2. The number of allylic oxidation sites excluding steroid dienone is 3. The third-order valence-electron chi connectivity index (χ3n) is 10.9. The number of aliphatic hydroxyl groups excluding tert-OH is 2. The van der Waals surface area contributed by atoms with E-state index in [1.807, 2.05) is 13.8 Å². The molecule has 4 aliphatic rings. The standard InChI is InChI=1S/C34H49NO5/c1-6-31(38)40-30(34(16-17-34)32-35-22(3)20-39-32)14-9-21(2)27-12-13-28-24(8-7-15-33(27,28)5)10-11-25-18-26(36)19-29(37)23(25)4/h10-11,20-21,26-30,36-37H,4,6-9,12-19H2,1-3,5H3/b24-10+,25-11-/t21-,26-,27-,28+,29+,30-,33-/m1/s1. The lowest BCUT2D eigenvalue weighted by Crippen LogP contribution is -2.37. The molecule has 0 spiro atoms. The Morgan fingerprint density at radius 2 is 2.02 bits per heavy atom. The van der Waals surface area contributed by atoms with Crippen molar-refractivity contribution in [3.05, 3.63) is 53.3 Å². The molecule has 2 N–H and O–H groups in total. The topological polar surface area (TPSA) is 92.8 Å². The number of carbonyl (C=O) groups excluding carboxylic acids is 1. The number of aryl methyl sites for hydroxylation is 1. The Balaban J connectivity index is 1.28. The molecule has 1 heterocycles. The van der Waals surface area contributed by atoms with E-state index in [0.717, 1.165) is 54.8 Å². The van der Waals surface area contributed by atoms with Crippen LogP contribution in [0.2, 0.25) is 0 Å². The Morgan fingerprint density at radius 1 is 1.25 bits per heavy atom. The zero-order valence-corrected chi connectivity index (χ0v) is 25.0. The fourth-order valence-electron chi connectivity index (χ4n) is 8.38. The molecule has 0 radical (unpaired) electrons. The summed E-state index contributed by atoms with van der Waals surface area (Å²) in [5.74, 6) is 2.31. The van der Waals surface area contributed by atoms with Crippen molar-refractivity contribution in [2.24, 2.45) is 23.2 Å². The van der Waals surface area contributed by atoms with E-state index < -0.39 is 12.2 Å². The average molecular weight is 552 g/mol. The number of nitrogens with zero attached hydrogens (tertiary/aromatic N) is 1. The summed E-state index contributed by atoms with van der Waals surface area (Å²) in [5.41, 5.74) is 4.12. The smallest absolute Gasteiger partial charge is 0.305 e. The molecule has 40 heavy (non-hydrogen) atoms. The zero-order chi connectivity index (χ0) is 28.7. The minimum atomic E-state index is -0.649. The van der Waals surface area contributed by atoms with Gasteiger partial charge < -0.3 is 19.4 Å². The summed E-state index contributed by atoms with van der Waals surface area (Å²) in [7, 11) is 0. The van der Waals surface area contributed by atoms with Crippen LogP contribution in [-0.2, 0) is 14.9 Å². The molecule has 4 aliphatic carbocycles. The maximum Gasteiger partial charge on any atom is 0.305 e. The summed E-state index contributed by atoms with van der Waals surface area (Å²) >= 11 is 0. The van der Waals surface area contributed by atoms with Crippen LogP contribution in [0.4, 0.5) is 0 Å². The molecule has 0 aromatic carbocycles. The van der Waals surface area contributed by atoms with E-state index in [0.29, 0.717) is 37.0 Å². The predicted octanol–water partition coefficient (Wildman–Crippen LogP) is 6.89. The molecule has 220 valence electrons. The summed E-state index contributed by atoms with van der Waals surface area (Å²) in [5, 5.41) is 20.4. The first kappa shape index (κ1) is 29.3. The third-order valence-corrected chi connectivity index (χ3v) is 10.9. The lowest BCUT2D eigenvalue weighted by molar-refractivity contribution is -0.151. The van der Waals surface area contributed by atoms with Crippen LogP contribution in [0.1, 0.15) is 109 Å². The Bertz CT molecular complexity index is 1160. The fraction of sp³-hybridized carbons (Fsp3) is 0.706. The monoisotopic (exact) mass is 551 g/mol. The molecule has 7 atom stereocenters. The van der Waals surface area contributed by atoms with E-state index in [9.17, 15) is 15.0 Å². The molecule has 6 nitrogen and oxygen atoms in total. The van der Waals surface area contributed by atoms with Crippen LogP contribution in [-0.4, -0.2) is 39.5 Å². The van der Waals surface area contributed by atoms with Crippen molar-refractivity contribution in [1.82, 2.24) is 4.98 Å². The molecule has 0 amide bonds. The van der Waals surface area contributed by atoms with Crippen molar-refractivity contribution >= 4 is 5.97 Å². The van der Waals surface area contributed by atoms with Crippen LogP contribution in [0.5, 0.6) is 0 Å². The first-order chi connectivity index (χ1) is 19.1. The van der Waals surface area contributed by atoms with E-state index in [1.165, 1.54) is 31.3 Å². The van der Waals surface area contributed by atoms with Gasteiger partial charge in [0.2, 0.25) is 5.89 Å². The van der Waals surface area contributed by atoms with Gasteiger partial charge in [0.25, 0.3) is 0 Å². The van der Waals surface area contributed by atoms with Crippen LogP contribution < -0.4 is 0 Å². The number of fused-ring (bicyclic) bond motifs is 1. The van der Waals surface area contributed by atoms with Crippen LogP contribution in [0, 0.1) is 30.1 Å². The molecule has 0 unspecified atom stereocenters. The largest absolute Gasteiger partial charge is 0.461 e. The number of carbonyl (C=O) groups is 1. The minimum absolute atomic E-state index is 0.142. The van der Waals surface area contributed by atoms with Gasteiger partial charge in [-0.3, -0.25) is 4.79 Å². The maximum absolute atomic E-state index is 12.4.